The van der Waals surface area contributed by atoms with Gasteiger partial charge in [0.1, 0.15) is 6.23 Å². The van der Waals surface area contributed by atoms with Gasteiger partial charge in [-0.05, 0) is 32.5 Å². The van der Waals surface area contributed by atoms with Gasteiger partial charge in [0, 0.05) is 17.9 Å². The molecule has 2 fully saturated rings. The van der Waals surface area contributed by atoms with Crippen LogP contribution in [0.3, 0.4) is 0 Å². The Morgan fingerprint density at radius 2 is 2.00 bits per heavy atom. The predicted octanol–water partition coefficient (Wildman–Crippen LogP) is 1.69. The van der Waals surface area contributed by atoms with E-state index >= 15 is 0 Å². The van der Waals surface area contributed by atoms with Crippen molar-refractivity contribution in [1.82, 2.24) is 10.2 Å². The van der Waals surface area contributed by atoms with Crippen molar-refractivity contribution >= 4 is 0 Å². The van der Waals surface area contributed by atoms with Crippen LogP contribution in [-0.4, -0.2) is 43.9 Å². The maximum atomic E-state index is 5.97. The van der Waals surface area contributed by atoms with Gasteiger partial charge < -0.3 is 9.64 Å². The first-order chi connectivity index (χ1) is 7.61. The lowest BCUT2D eigenvalue weighted by molar-refractivity contribution is -0.0947. The van der Waals surface area contributed by atoms with Crippen molar-refractivity contribution in [2.75, 3.05) is 32.8 Å². The van der Waals surface area contributed by atoms with Gasteiger partial charge in [-0.25, -0.2) is 0 Å². The van der Waals surface area contributed by atoms with Crippen molar-refractivity contribution in [3.63, 3.8) is 0 Å². The molecule has 0 aromatic heterocycles. The minimum Gasteiger partial charge on any atom is -0.362 e. The summed E-state index contributed by atoms with van der Waals surface area (Å²) in [5.41, 5.74) is 0.306. The molecule has 0 aromatic rings. The molecular formula is C13H26N2O. The number of nitrogens with one attached hydrogen (secondary N) is 1. The number of likely N-dealkylation sites (tertiary alicyclic amines) is 1. The second kappa shape index (κ2) is 5.03. The van der Waals surface area contributed by atoms with Crippen molar-refractivity contribution in [2.24, 2.45) is 11.3 Å². The minimum atomic E-state index is 0.306. The Balaban J connectivity index is 1.78. The van der Waals surface area contributed by atoms with Crippen LogP contribution in [0, 0.1) is 11.3 Å². The van der Waals surface area contributed by atoms with E-state index in [4.69, 9.17) is 4.74 Å². The van der Waals surface area contributed by atoms with Gasteiger partial charge in [0.2, 0.25) is 0 Å². The third-order valence-corrected chi connectivity index (χ3v) is 3.94. The quantitative estimate of drug-likeness (QED) is 0.775. The highest BCUT2D eigenvalue weighted by molar-refractivity contribution is 4.83. The average Bonchev–Trinajstić information content (AvgIpc) is 2.29. The van der Waals surface area contributed by atoms with Gasteiger partial charge in [0.05, 0.1) is 6.61 Å². The molecule has 0 saturated carbocycles. The van der Waals surface area contributed by atoms with Gasteiger partial charge in [0.25, 0.3) is 0 Å². The molecule has 0 spiro atoms. The molecule has 3 heteroatoms. The fourth-order valence-corrected chi connectivity index (χ4v) is 2.68. The van der Waals surface area contributed by atoms with Crippen molar-refractivity contribution in [3.05, 3.63) is 0 Å². The molecule has 1 atom stereocenters. The van der Waals surface area contributed by atoms with E-state index in [0.717, 1.165) is 19.1 Å². The second-order valence-corrected chi connectivity index (χ2v) is 6.05. The van der Waals surface area contributed by atoms with E-state index in [1.165, 1.54) is 32.5 Å². The van der Waals surface area contributed by atoms with Crippen LogP contribution in [0.15, 0.2) is 0 Å². The third kappa shape index (κ3) is 2.96. The molecule has 3 nitrogen and oxygen atoms in total. The summed E-state index contributed by atoms with van der Waals surface area (Å²) in [7, 11) is 0. The van der Waals surface area contributed by atoms with Gasteiger partial charge >= 0.3 is 0 Å². The van der Waals surface area contributed by atoms with E-state index in [1.54, 1.807) is 0 Å². The van der Waals surface area contributed by atoms with Gasteiger partial charge in [-0.3, -0.25) is 5.32 Å². The van der Waals surface area contributed by atoms with Crippen LogP contribution < -0.4 is 5.32 Å². The summed E-state index contributed by atoms with van der Waals surface area (Å²) >= 11 is 0. The Hall–Kier alpha value is -0.120. The van der Waals surface area contributed by atoms with E-state index in [1.807, 2.05) is 0 Å². The number of ether oxygens (including phenoxy) is 1. The third-order valence-electron chi connectivity index (χ3n) is 3.94. The molecule has 0 radical (unpaired) electrons. The van der Waals surface area contributed by atoms with Crippen molar-refractivity contribution in [1.29, 1.82) is 0 Å². The van der Waals surface area contributed by atoms with Gasteiger partial charge in [-0.1, -0.05) is 20.8 Å². The average molecular weight is 226 g/mol. The summed E-state index contributed by atoms with van der Waals surface area (Å²) in [6.45, 7) is 12.4. The lowest BCUT2D eigenvalue weighted by atomic mass is 9.89. The number of hydrogen-bond donors (Lipinski definition) is 1. The van der Waals surface area contributed by atoms with Gasteiger partial charge in [0.15, 0.2) is 0 Å². The fourth-order valence-electron chi connectivity index (χ4n) is 2.68. The Labute approximate surface area is 99.5 Å². The SMILES string of the molecule is CCN1CCC(C2NCC(C)(C)CO2)CC1. The first-order valence-electron chi connectivity index (χ1n) is 6.68. The monoisotopic (exact) mass is 226 g/mol. The highest BCUT2D eigenvalue weighted by Crippen LogP contribution is 2.27. The molecule has 1 N–H and O–H groups in total. The van der Waals surface area contributed by atoms with Gasteiger partial charge in [-0.15, -0.1) is 0 Å². The van der Waals surface area contributed by atoms with Crippen LogP contribution in [0.25, 0.3) is 0 Å². The summed E-state index contributed by atoms with van der Waals surface area (Å²) in [5.74, 6) is 0.721. The standard InChI is InChI=1S/C13H26N2O/c1-4-15-7-5-11(6-8-15)12-14-9-13(2,3)10-16-12/h11-12,14H,4-10H2,1-3H3. The molecule has 2 rings (SSSR count). The Morgan fingerprint density at radius 1 is 1.31 bits per heavy atom. The molecule has 1 unspecified atom stereocenters. The molecule has 0 amide bonds. The molecule has 16 heavy (non-hydrogen) atoms. The summed E-state index contributed by atoms with van der Waals surface area (Å²) < 4.78 is 5.97. The van der Waals surface area contributed by atoms with Crippen LogP contribution >= 0.6 is 0 Å². The van der Waals surface area contributed by atoms with Crippen LogP contribution in [0.2, 0.25) is 0 Å². The van der Waals surface area contributed by atoms with E-state index in [9.17, 15) is 0 Å². The topological polar surface area (TPSA) is 24.5 Å². The minimum absolute atomic E-state index is 0.306. The van der Waals surface area contributed by atoms with E-state index < -0.39 is 0 Å². The smallest absolute Gasteiger partial charge is 0.111 e. The largest absolute Gasteiger partial charge is 0.362 e. The highest BCUT2D eigenvalue weighted by atomic mass is 16.5. The molecule has 0 aromatic carbocycles. The van der Waals surface area contributed by atoms with Crippen LogP contribution in [0.1, 0.15) is 33.6 Å². The Morgan fingerprint density at radius 3 is 2.50 bits per heavy atom. The molecule has 0 aliphatic carbocycles. The lowest BCUT2D eigenvalue weighted by Gasteiger charge is -2.41. The lowest BCUT2D eigenvalue weighted by Crippen LogP contribution is -2.52. The number of hydrogen-bond acceptors (Lipinski definition) is 3. The molecule has 2 aliphatic heterocycles. The van der Waals surface area contributed by atoms with Crippen molar-refractivity contribution in [2.45, 2.75) is 39.8 Å². The van der Waals surface area contributed by atoms with Gasteiger partial charge in [-0.2, -0.15) is 0 Å². The Bertz CT molecular complexity index is 212. The number of nitrogens with zero attached hydrogens (tertiary/aromatic N) is 1. The van der Waals surface area contributed by atoms with Crippen molar-refractivity contribution < 1.29 is 4.74 Å². The first-order valence-corrected chi connectivity index (χ1v) is 6.68. The van der Waals surface area contributed by atoms with E-state index in [-0.39, 0.29) is 0 Å². The number of rotatable bonds is 2. The maximum Gasteiger partial charge on any atom is 0.111 e. The zero-order valence-corrected chi connectivity index (χ0v) is 11.0. The number of piperidine rings is 1. The van der Waals surface area contributed by atoms with Crippen molar-refractivity contribution in [3.8, 4) is 0 Å². The summed E-state index contributed by atoms with van der Waals surface area (Å²) in [5, 5.41) is 3.57. The summed E-state index contributed by atoms with van der Waals surface area (Å²) in [6.07, 6.45) is 2.88. The highest BCUT2D eigenvalue weighted by Gasteiger charge is 2.33. The van der Waals surface area contributed by atoms with E-state index in [0.29, 0.717) is 11.6 Å². The molecule has 2 aliphatic rings. The second-order valence-electron chi connectivity index (χ2n) is 6.05. The molecular weight excluding hydrogens is 200 g/mol. The van der Waals surface area contributed by atoms with E-state index in [2.05, 4.69) is 31.0 Å². The summed E-state index contributed by atoms with van der Waals surface area (Å²) in [4.78, 5) is 2.53. The molecule has 2 saturated heterocycles. The molecule has 94 valence electrons. The van der Waals surface area contributed by atoms with Crippen LogP contribution in [0.5, 0.6) is 0 Å². The van der Waals surface area contributed by atoms with Crippen LogP contribution in [0.4, 0.5) is 0 Å². The normalized spacial score (nSPS) is 32.8. The predicted molar refractivity (Wildman–Crippen MR) is 66.4 cm³/mol. The summed E-state index contributed by atoms with van der Waals surface area (Å²) in [6, 6.07) is 0. The zero-order chi connectivity index (χ0) is 11.6. The Kier molecular flexibility index (Phi) is 3.88. The fraction of sp³-hybridized carbons (Fsp3) is 1.00. The molecule has 2 heterocycles. The maximum absolute atomic E-state index is 5.97. The first kappa shape index (κ1) is 12.3. The van der Waals surface area contributed by atoms with Crippen LogP contribution in [-0.2, 0) is 4.74 Å². The molecule has 0 bridgehead atoms. The zero-order valence-electron chi connectivity index (χ0n) is 11.0.